The normalized spacial score (nSPS) is 20.8. The number of hydrogen-bond donors (Lipinski definition) is 1. The Bertz CT molecular complexity index is 696. The standard InChI is InChI=1S/C19H25N3O2/c1-14-17(13-22(20-14)16-9-4-3-5-10-16)19(24)21(2)12-15-8-6-7-11-18(15)23/h3-5,9-10,13,15,18,23H,6-8,11-12H2,1-2H3. The lowest BCUT2D eigenvalue weighted by Crippen LogP contribution is -2.38. The van der Waals surface area contributed by atoms with E-state index in [1.807, 2.05) is 44.3 Å². The Kier molecular flexibility index (Phi) is 5.00. The number of aromatic nitrogens is 2. The van der Waals surface area contributed by atoms with Gasteiger partial charge in [0, 0.05) is 25.7 Å². The Hall–Kier alpha value is -2.14. The summed E-state index contributed by atoms with van der Waals surface area (Å²) in [4.78, 5) is 14.5. The van der Waals surface area contributed by atoms with Crippen LogP contribution in [0, 0.1) is 12.8 Å². The highest BCUT2D eigenvalue weighted by atomic mass is 16.3. The number of rotatable bonds is 4. The Balaban J connectivity index is 1.73. The molecule has 2 unspecified atom stereocenters. The van der Waals surface area contributed by atoms with Gasteiger partial charge in [-0.1, -0.05) is 31.0 Å². The topological polar surface area (TPSA) is 58.4 Å². The fourth-order valence-electron chi connectivity index (χ4n) is 3.42. The fraction of sp³-hybridized carbons (Fsp3) is 0.474. The van der Waals surface area contributed by atoms with Gasteiger partial charge >= 0.3 is 0 Å². The number of carbonyl (C=O) groups is 1. The third kappa shape index (κ3) is 3.51. The Morgan fingerprint density at radius 2 is 2.00 bits per heavy atom. The second kappa shape index (κ2) is 7.18. The van der Waals surface area contributed by atoms with Gasteiger partial charge in [0.15, 0.2) is 0 Å². The van der Waals surface area contributed by atoms with Gasteiger partial charge in [-0.25, -0.2) is 4.68 Å². The van der Waals surface area contributed by atoms with Crippen molar-refractivity contribution in [1.29, 1.82) is 0 Å². The first-order valence-corrected chi connectivity index (χ1v) is 8.61. The highest BCUT2D eigenvalue weighted by Crippen LogP contribution is 2.25. The van der Waals surface area contributed by atoms with Gasteiger partial charge in [0.05, 0.1) is 23.0 Å². The number of aryl methyl sites for hydroxylation is 1. The van der Waals surface area contributed by atoms with Crippen LogP contribution in [0.1, 0.15) is 41.7 Å². The zero-order chi connectivity index (χ0) is 17.1. The second-order valence-electron chi connectivity index (χ2n) is 6.71. The van der Waals surface area contributed by atoms with Gasteiger partial charge in [0.2, 0.25) is 0 Å². The molecule has 1 N–H and O–H groups in total. The van der Waals surface area contributed by atoms with Gasteiger partial charge in [0.1, 0.15) is 0 Å². The molecule has 3 rings (SSSR count). The number of nitrogens with zero attached hydrogens (tertiary/aromatic N) is 3. The summed E-state index contributed by atoms with van der Waals surface area (Å²) in [7, 11) is 1.81. The quantitative estimate of drug-likeness (QED) is 0.939. The number of para-hydroxylation sites is 1. The van der Waals surface area contributed by atoms with Gasteiger partial charge in [-0.2, -0.15) is 5.10 Å². The summed E-state index contributed by atoms with van der Waals surface area (Å²) in [6.45, 7) is 2.45. The SMILES string of the molecule is Cc1nn(-c2ccccc2)cc1C(=O)N(C)CC1CCCCC1O. The van der Waals surface area contributed by atoms with E-state index in [4.69, 9.17) is 0 Å². The van der Waals surface area contributed by atoms with Gasteiger partial charge in [-0.05, 0) is 31.9 Å². The molecule has 2 atom stereocenters. The first-order chi connectivity index (χ1) is 11.6. The zero-order valence-corrected chi connectivity index (χ0v) is 14.4. The van der Waals surface area contributed by atoms with Crippen molar-refractivity contribution in [2.75, 3.05) is 13.6 Å². The van der Waals surface area contributed by atoms with Crippen LogP contribution in [0.2, 0.25) is 0 Å². The number of hydrogen-bond acceptors (Lipinski definition) is 3. The second-order valence-corrected chi connectivity index (χ2v) is 6.71. The van der Waals surface area contributed by atoms with Crippen LogP contribution in [0.5, 0.6) is 0 Å². The Morgan fingerprint density at radius 1 is 1.29 bits per heavy atom. The van der Waals surface area contributed by atoms with E-state index in [9.17, 15) is 9.90 Å². The van der Waals surface area contributed by atoms with Crippen molar-refractivity contribution in [3.05, 3.63) is 47.8 Å². The average molecular weight is 327 g/mol. The fourth-order valence-corrected chi connectivity index (χ4v) is 3.42. The van der Waals surface area contributed by atoms with Crippen molar-refractivity contribution < 1.29 is 9.90 Å². The summed E-state index contributed by atoms with van der Waals surface area (Å²) in [5, 5.41) is 14.6. The Labute approximate surface area is 142 Å². The first kappa shape index (κ1) is 16.7. The molecule has 0 radical (unpaired) electrons. The molecule has 0 bridgehead atoms. The molecule has 1 aromatic carbocycles. The number of amides is 1. The molecule has 0 saturated heterocycles. The van der Waals surface area contributed by atoms with E-state index < -0.39 is 0 Å². The summed E-state index contributed by atoms with van der Waals surface area (Å²) in [6.07, 6.45) is 5.55. The minimum absolute atomic E-state index is 0.0348. The van der Waals surface area contributed by atoms with E-state index >= 15 is 0 Å². The average Bonchev–Trinajstić information content (AvgIpc) is 2.99. The van der Waals surface area contributed by atoms with Gasteiger partial charge in [-0.15, -0.1) is 0 Å². The zero-order valence-electron chi connectivity index (χ0n) is 14.4. The minimum Gasteiger partial charge on any atom is -0.393 e. The maximum absolute atomic E-state index is 12.8. The summed E-state index contributed by atoms with van der Waals surface area (Å²) >= 11 is 0. The van der Waals surface area contributed by atoms with Gasteiger partial charge in [0.25, 0.3) is 5.91 Å². The predicted octanol–water partition coefficient (Wildman–Crippen LogP) is 2.80. The Morgan fingerprint density at radius 3 is 2.71 bits per heavy atom. The maximum Gasteiger partial charge on any atom is 0.257 e. The third-order valence-corrected chi connectivity index (χ3v) is 4.87. The van der Waals surface area contributed by atoms with Crippen molar-refractivity contribution >= 4 is 5.91 Å². The molecule has 5 nitrogen and oxygen atoms in total. The van der Waals surface area contributed by atoms with Crippen LogP contribution in [0.15, 0.2) is 36.5 Å². The number of aliphatic hydroxyl groups excluding tert-OH is 1. The molecule has 1 amide bonds. The van der Waals surface area contributed by atoms with Crippen molar-refractivity contribution in [2.45, 2.75) is 38.7 Å². The highest BCUT2D eigenvalue weighted by Gasteiger charge is 2.27. The van der Waals surface area contributed by atoms with Gasteiger partial charge < -0.3 is 10.0 Å². The summed E-state index contributed by atoms with van der Waals surface area (Å²) in [5.41, 5.74) is 2.27. The van der Waals surface area contributed by atoms with E-state index in [1.165, 1.54) is 0 Å². The van der Waals surface area contributed by atoms with Crippen LogP contribution in [-0.4, -0.2) is 45.4 Å². The van der Waals surface area contributed by atoms with Crippen LogP contribution in [0.4, 0.5) is 0 Å². The molecule has 1 heterocycles. The van der Waals surface area contributed by atoms with Crippen molar-refractivity contribution in [2.24, 2.45) is 5.92 Å². The maximum atomic E-state index is 12.8. The highest BCUT2D eigenvalue weighted by molar-refractivity contribution is 5.95. The summed E-state index contributed by atoms with van der Waals surface area (Å²) < 4.78 is 1.74. The van der Waals surface area contributed by atoms with E-state index in [0.29, 0.717) is 12.1 Å². The van der Waals surface area contributed by atoms with Gasteiger partial charge in [-0.3, -0.25) is 4.79 Å². The molecule has 128 valence electrons. The van der Waals surface area contributed by atoms with Crippen LogP contribution in [0.25, 0.3) is 5.69 Å². The van der Waals surface area contributed by atoms with E-state index in [2.05, 4.69) is 5.10 Å². The molecule has 0 spiro atoms. The minimum atomic E-state index is -0.290. The molecular formula is C19H25N3O2. The molecule has 2 aromatic rings. The lowest BCUT2D eigenvalue weighted by molar-refractivity contribution is 0.0451. The number of benzene rings is 1. The van der Waals surface area contributed by atoms with E-state index in [0.717, 1.165) is 37.1 Å². The first-order valence-electron chi connectivity index (χ1n) is 8.61. The predicted molar refractivity (Wildman–Crippen MR) is 93.2 cm³/mol. The largest absolute Gasteiger partial charge is 0.393 e. The van der Waals surface area contributed by atoms with Crippen molar-refractivity contribution in [1.82, 2.24) is 14.7 Å². The smallest absolute Gasteiger partial charge is 0.257 e. The van der Waals surface area contributed by atoms with Crippen molar-refractivity contribution in [3.8, 4) is 5.69 Å². The molecular weight excluding hydrogens is 302 g/mol. The van der Waals surface area contributed by atoms with Crippen LogP contribution in [-0.2, 0) is 0 Å². The van der Waals surface area contributed by atoms with E-state index in [1.54, 1.807) is 15.8 Å². The molecule has 24 heavy (non-hydrogen) atoms. The molecule has 1 fully saturated rings. The molecule has 1 aromatic heterocycles. The monoisotopic (exact) mass is 327 g/mol. The van der Waals surface area contributed by atoms with Crippen LogP contribution < -0.4 is 0 Å². The lowest BCUT2D eigenvalue weighted by Gasteiger charge is -2.31. The summed E-state index contributed by atoms with van der Waals surface area (Å²) in [5.74, 6) is 0.143. The van der Waals surface area contributed by atoms with E-state index in [-0.39, 0.29) is 17.9 Å². The lowest BCUT2D eigenvalue weighted by atomic mass is 9.86. The number of carbonyl (C=O) groups excluding carboxylic acids is 1. The summed E-state index contributed by atoms with van der Waals surface area (Å²) in [6, 6.07) is 9.77. The molecule has 5 heteroatoms. The molecule has 1 aliphatic carbocycles. The molecule has 1 aliphatic rings. The van der Waals surface area contributed by atoms with Crippen LogP contribution >= 0.6 is 0 Å². The third-order valence-electron chi connectivity index (χ3n) is 4.87. The van der Waals surface area contributed by atoms with Crippen molar-refractivity contribution in [3.63, 3.8) is 0 Å². The van der Waals surface area contributed by atoms with Crippen LogP contribution in [0.3, 0.4) is 0 Å². The molecule has 0 aliphatic heterocycles. The molecule has 1 saturated carbocycles. The number of aliphatic hydroxyl groups is 1.